The summed E-state index contributed by atoms with van der Waals surface area (Å²) >= 11 is 7.62. The van der Waals surface area contributed by atoms with E-state index in [4.69, 9.17) is 16.9 Å². The van der Waals surface area contributed by atoms with Gasteiger partial charge in [0.15, 0.2) is 0 Å². The molecular formula is C15H15ClN4S. The van der Waals surface area contributed by atoms with Gasteiger partial charge in [-0.05, 0) is 24.3 Å². The zero-order chi connectivity index (χ0) is 14.7. The summed E-state index contributed by atoms with van der Waals surface area (Å²) in [6.07, 6.45) is 1.63. The number of piperazine rings is 1. The summed E-state index contributed by atoms with van der Waals surface area (Å²) in [5.74, 6) is 0.952. The third-order valence-corrected chi connectivity index (χ3v) is 4.80. The average Bonchev–Trinajstić information content (AvgIpc) is 2.93. The summed E-state index contributed by atoms with van der Waals surface area (Å²) in [6, 6.07) is 9.90. The Morgan fingerprint density at radius 2 is 2.00 bits per heavy atom. The largest absolute Gasteiger partial charge is 0.354 e. The lowest BCUT2D eigenvalue weighted by Gasteiger charge is -2.35. The minimum absolute atomic E-state index is 0.604. The van der Waals surface area contributed by atoms with E-state index in [0.717, 1.165) is 42.9 Å². The fraction of sp³-hybridized carbons (Fsp3) is 0.333. The van der Waals surface area contributed by atoms with Crippen molar-refractivity contribution in [3.63, 3.8) is 0 Å². The molecule has 6 heteroatoms. The molecule has 0 N–H and O–H groups in total. The Labute approximate surface area is 133 Å². The van der Waals surface area contributed by atoms with Gasteiger partial charge in [-0.25, -0.2) is 4.98 Å². The van der Waals surface area contributed by atoms with Crippen LogP contribution in [0.1, 0.15) is 10.4 Å². The van der Waals surface area contributed by atoms with Crippen LogP contribution in [0.25, 0.3) is 0 Å². The van der Waals surface area contributed by atoms with Gasteiger partial charge in [0.25, 0.3) is 0 Å². The Balaban J connectivity index is 1.56. The lowest BCUT2D eigenvalue weighted by molar-refractivity contribution is 0.251. The number of anilines is 1. The predicted molar refractivity (Wildman–Crippen MR) is 85.8 cm³/mol. The molecule has 3 rings (SSSR count). The Morgan fingerprint density at radius 1 is 1.19 bits per heavy atom. The van der Waals surface area contributed by atoms with Crippen molar-refractivity contribution < 1.29 is 0 Å². The molecule has 1 aliphatic heterocycles. The van der Waals surface area contributed by atoms with Gasteiger partial charge < -0.3 is 4.90 Å². The van der Waals surface area contributed by atoms with Crippen LogP contribution in [-0.2, 0) is 6.54 Å². The zero-order valence-corrected chi connectivity index (χ0v) is 13.1. The van der Waals surface area contributed by atoms with E-state index in [1.54, 1.807) is 17.5 Å². The molecule has 0 aliphatic carbocycles. The van der Waals surface area contributed by atoms with E-state index in [-0.39, 0.29) is 0 Å². The standard InChI is InChI=1S/C15H15ClN4S/c16-14-3-2-13(21-14)11-19-5-7-20(8-6-19)15-4-1-12(9-17)10-18-15/h1-4,10H,5-8,11H2. The molecule has 0 unspecified atom stereocenters. The second-order valence-corrected chi connectivity index (χ2v) is 6.79. The van der Waals surface area contributed by atoms with Gasteiger partial charge in [-0.1, -0.05) is 11.6 Å². The minimum Gasteiger partial charge on any atom is -0.354 e. The molecule has 1 fully saturated rings. The fourth-order valence-corrected chi connectivity index (χ4v) is 3.56. The van der Waals surface area contributed by atoms with Crippen molar-refractivity contribution in [3.05, 3.63) is 45.2 Å². The first kappa shape index (κ1) is 14.3. The number of aromatic nitrogens is 1. The Hall–Kier alpha value is -1.61. The Kier molecular flexibility index (Phi) is 4.39. The lowest BCUT2D eigenvalue weighted by atomic mass is 10.2. The van der Waals surface area contributed by atoms with Gasteiger partial charge in [-0.15, -0.1) is 11.3 Å². The maximum Gasteiger partial charge on any atom is 0.128 e. The summed E-state index contributed by atoms with van der Waals surface area (Å²) in [5.41, 5.74) is 0.604. The molecule has 4 nitrogen and oxygen atoms in total. The molecule has 0 atom stereocenters. The van der Waals surface area contributed by atoms with Gasteiger partial charge in [0, 0.05) is 43.8 Å². The highest BCUT2D eigenvalue weighted by atomic mass is 35.5. The number of nitrogens with zero attached hydrogens (tertiary/aromatic N) is 4. The first-order chi connectivity index (χ1) is 10.2. The topological polar surface area (TPSA) is 43.2 Å². The van der Waals surface area contributed by atoms with E-state index in [1.165, 1.54) is 4.88 Å². The summed E-state index contributed by atoms with van der Waals surface area (Å²) in [7, 11) is 0. The molecule has 2 aromatic heterocycles. The van der Waals surface area contributed by atoms with Crippen LogP contribution < -0.4 is 4.90 Å². The smallest absolute Gasteiger partial charge is 0.128 e. The number of pyridine rings is 1. The molecule has 0 spiro atoms. The predicted octanol–water partition coefficient (Wildman–Crippen LogP) is 2.99. The first-order valence-electron chi connectivity index (χ1n) is 6.82. The van der Waals surface area contributed by atoms with Crippen LogP contribution in [0.3, 0.4) is 0 Å². The highest BCUT2D eigenvalue weighted by Gasteiger charge is 2.18. The number of halogens is 1. The second-order valence-electron chi connectivity index (χ2n) is 4.99. The minimum atomic E-state index is 0.604. The molecule has 0 saturated carbocycles. The van der Waals surface area contributed by atoms with Crippen molar-refractivity contribution in [3.8, 4) is 6.07 Å². The van der Waals surface area contributed by atoms with E-state index >= 15 is 0 Å². The van der Waals surface area contributed by atoms with Gasteiger partial charge in [0.2, 0.25) is 0 Å². The molecule has 0 aromatic carbocycles. The summed E-state index contributed by atoms with van der Waals surface area (Å²) in [4.78, 5) is 10.4. The summed E-state index contributed by atoms with van der Waals surface area (Å²) in [5, 5.41) is 8.80. The number of rotatable bonds is 3. The SMILES string of the molecule is N#Cc1ccc(N2CCN(Cc3ccc(Cl)s3)CC2)nc1. The monoisotopic (exact) mass is 318 g/mol. The van der Waals surface area contributed by atoms with Crippen LogP contribution >= 0.6 is 22.9 Å². The van der Waals surface area contributed by atoms with Crippen LogP contribution in [0, 0.1) is 11.3 Å². The second kappa shape index (κ2) is 6.44. The highest BCUT2D eigenvalue weighted by molar-refractivity contribution is 7.16. The van der Waals surface area contributed by atoms with Crippen LogP contribution in [0.2, 0.25) is 4.34 Å². The third-order valence-electron chi connectivity index (χ3n) is 3.58. The summed E-state index contributed by atoms with van der Waals surface area (Å²) < 4.78 is 0.852. The Bertz CT molecular complexity index is 638. The van der Waals surface area contributed by atoms with Gasteiger partial charge >= 0.3 is 0 Å². The van der Waals surface area contributed by atoms with Crippen LogP contribution in [-0.4, -0.2) is 36.1 Å². The van der Waals surface area contributed by atoms with Gasteiger partial charge in [0.05, 0.1) is 9.90 Å². The highest BCUT2D eigenvalue weighted by Crippen LogP contribution is 2.23. The molecule has 3 heterocycles. The maximum absolute atomic E-state index is 8.80. The van der Waals surface area contributed by atoms with Crippen molar-refractivity contribution in [2.24, 2.45) is 0 Å². The van der Waals surface area contributed by atoms with Gasteiger partial charge in [-0.3, -0.25) is 4.90 Å². The number of nitriles is 1. The molecule has 21 heavy (non-hydrogen) atoms. The van der Waals surface area contributed by atoms with E-state index in [0.29, 0.717) is 5.56 Å². The molecular weight excluding hydrogens is 304 g/mol. The van der Waals surface area contributed by atoms with Crippen LogP contribution in [0.4, 0.5) is 5.82 Å². The van der Waals surface area contributed by atoms with Gasteiger partial charge in [-0.2, -0.15) is 5.26 Å². The van der Waals surface area contributed by atoms with Crippen molar-refractivity contribution in [2.45, 2.75) is 6.54 Å². The van der Waals surface area contributed by atoms with Crippen LogP contribution in [0.15, 0.2) is 30.5 Å². The van der Waals surface area contributed by atoms with Crippen LogP contribution in [0.5, 0.6) is 0 Å². The van der Waals surface area contributed by atoms with E-state index in [1.807, 2.05) is 18.2 Å². The summed E-state index contributed by atoms with van der Waals surface area (Å²) in [6.45, 7) is 4.90. The molecule has 1 saturated heterocycles. The van der Waals surface area contributed by atoms with Crippen molar-refractivity contribution >= 4 is 28.8 Å². The average molecular weight is 319 g/mol. The van der Waals surface area contributed by atoms with Gasteiger partial charge in [0.1, 0.15) is 11.9 Å². The zero-order valence-electron chi connectivity index (χ0n) is 11.5. The molecule has 1 aliphatic rings. The van der Waals surface area contributed by atoms with E-state index in [2.05, 4.69) is 26.9 Å². The number of hydrogen-bond acceptors (Lipinski definition) is 5. The normalized spacial score (nSPS) is 15.9. The van der Waals surface area contributed by atoms with Crippen molar-refractivity contribution in [1.82, 2.24) is 9.88 Å². The number of thiophene rings is 1. The van der Waals surface area contributed by atoms with Crippen molar-refractivity contribution in [2.75, 3.05) is 31.1 Å². The Morgan fingerprint density at radius 3 is 2.57 bits per heavy atom. The maximum atomic E-state index is 8.80. The van der Waals surface area contributed by atoms with Crippen molar-refractivity contribution in [1.29, 1.82) is 5.26 Å². The van der Waals surface area contributed by atoms with E-state index in [9.17, 15) is 0 Å². The molecule has 0 amide bonds. The van der Waals surface area contributed by atoms with E-state index < -0.39 is 0 Å². The molecule has 108 valence electrons. The quantitative estimate of drug-likeness (QED) is 0.872. The third kappa shape index (κ3) is 3.53. The molecule has 0 bridgehead atoms. The molecule has 2 aromatic rings. The fourth-order valence-electron chi connectivity index (χ4n) is 2.43. The lowest BCUT2D eigenvalue weighted by Crippen LogP contribution is -2.46. The molecule has 0 radical (unpaired) electrons. The first-order valence-corrected chi connectivity index (χ1v) is 8.02. The number of hydrogen-bond donors (Lipinski definition) is 0.